The van der Waals surface area contributed by atoms with Gasteiger partial charge in [-0.2, -0.15) is 0 Å². The van der Waals surface area contributed by atoms with Crippen LogP contribution in [0.3, 0.4) is 0 Å². The summed E-state index contributed by atoms with van der Waals surface area (Å²) < 4.78 is 7.90. The highest BCUT2D eigenvalue weighted by Gasteiger charge is 2.31. The van der Waals surface area contributed by atoms with E-state index in [-0.39, 0.29) is 0 Å². The van der Waals surface area contributed by atoms with Crippen molar-refractivity contribution >= 4 is 11.3 Å². The maximum absolute atomic E-state index is 5.50. The third kappa shape index (κ3) is 2.98. The minimum atomic E-state index is 0.440. The largest absolute Gasteiger partial charge is 0.384 e. The Morgan fingerprint density at radius 3 is 3.05 bits per heavy atom. The van der Waals surface area contributed by atoms with Crippen molar-refractivity contribution in [3.63, 3.8) is 0 Å². The van der Waals surface area contributed by atoms with Gasteiger partial charge in [-0.1, -0.05) is 6.07 Å². The van der Waals surface area contributed by atoms with Crippen LogP contribution in [0.4, 0.5) is 0 Å². The Morgan fingerprint density at radius 2 is 2.32 bits per heavy atom. The van der Waals surface area contributed by atoms with Crippen molar-refractivity contribution < 1.29 is 4.74 Å². The van der Waals surface area contributed by atoms with E-state index in [1.54, 1.807) is 7.11 Å². The summed E-state index contributed by atoms with van der Waals surface area (Å²) in [7, 11) is 1.81. The fourth-order valence-electron chi connectivity index (χ4n) is 3.50. The summed E-state index contributed by atoms with van der Waals surface area (Å²) in [5.74, 6) is 1.32. The first-order valence-electron chi connectivity index (χ1n) is 8.11. The average molecular weight is 317 g/mol. The Kier molecular flexibility index (Phi) is 4.03. The lowest BCUT2D eigenvalue weighted by atomic mass is 9.98. The van der Waals surface area contributed by atoms with Crippen molar-refractivity contribution in [1.82, 2.24) is 14.5 Å². The van der Waals surface area contributed by atoms with Crippen LogP contribution in [0.15, 0.2) is 23.8 Å². The Labute approximate surface area is 135 Å². The standard InChI is InChI=1S/C17H23N3OS/c1-21-11-14-8-19(9-15-3-2-6-22-15)10-16-17(14)20(12-18-16)7-13-4-5-13/h2-3,6,12-14H,4-5,7-11H2,1H3/t14-/m1/s1. The normalized spacial score (nSPS) is 22.0. The third-order valence-electron chi connectivity index (χ3n) is 4.68. The molecule has 0 radical (unpaired) electrons. The Hall–Kier alpha value is -1.17. The molecule has 118 valence electrons. The first-order chi connectivity index (χ1) is 10.8. The minimum Gasteiger partial charge on any atom is -0.384 e. The predicted octanol–water partition coefficient (Wildman–Crippen LogP) is 3.10. The molecule has 1 fully saturated rings. The van der Waals surface area contributed by atoms with E-state index < -0.39 is 0 Å². The molecular weight excluding hydrogens is 294 g/mol. The molecule has 0 unspecified atom stereocenters. The lowest BCUT2D eigenvalue weighted by Crippen LogP contribution is -2.36. The fourth-order valence-corrected chi connectivity index (χ4v) is 4.25. The molecule has 1 aliphatic heterocycles. The van der Waals surface area contributed by atoms with E-state index >= 15 is 0 Å². The quantitative estimate of drug-likeness (QED) is 0.820. The van der Waals surface area contributed by atoms with Crippen molar-refractivity contribution in [2.45, 2.75) is 38.4 Å². The van der Waals surface area contributed by atoms with Gasteiger partial charge < -0.3 is 9.30 Å². The highest BCUT2D eigenvalue weighted by atomic mass is 32.1. The Balaban J connectivity index is 1.55. The lowest BCUT2D eigenvalue weighted by molar-refractivity contribution is 0.132. The van der Waals surface area contributed by atoms with E-state index in [1.165, 1.54) is 29.1 Å². The van der Waals surface area contributed by atoms with Gasteiger partial charge in [0, 0.05) is 49.8 Å². The van der Waals surface area contributed by atoms with Crippen LogP contribution in [0.2, 0.25) is 0 Å². The number of imidazole rings is 1. The number of aromatic nitrogens is 2. The molecule has 2 aromatic rings. The first kappa shape index (κ1) is 14.4. The zero-order valence-corrected chi connectivity index (χ0v) is 13.9. The van der Waals surface area contributed by atoms with Gasteiger partial charge in [0.05, 0.1) is 18.6 Å². The summed E-state index contributed by atoms with van der Waals surface area (Å²) in [6.45, 7) is 4.98. The molecule has 22 heavy (non-hydrogen) atoms. The Bertz CT molecular complexity index is 618. The van der Waals surface area contributed by atoms with Gasteiger partial charge in [-0.05, 0) is 30.2 Å². The molecule has 0 aromatic carbocycles. The Morgan fingerprint density at radius 1 is 1.41 bits per heavy atom. The molecule has 1 aliphatic carbocycles. The fraction of sp³-hybridized carbons (Fsp3) is 0.588. The van der Waals surface area contributed by atoms with Gasteiger partial charge in [-0.3, -0.25) is 4.90 Å². The molecule has 1 saturated carbocycles. The van der Waals surface area contributed by atoms with Crippen molar-refractivity contribution in [3.05, 3.63) is 40.1 Å². The lowest BCUT2D eigenvalue weighted by Gasteiger charge is -2.32. The van der Waals surface area contributed by atoms with Gasteiger partial charge in [0.2, 0.25) is 0 Å². The van der Waals surface area contributed by atoms with Gasteiger partial charge in [0.25, 0.3) is 0 Å². The van der Waals surface area contributed by atoms with Crippen molar-refractivity contribution in [3.8, 4) is 0 Å². The van der Waals surface area contributed by atoms with Crippen LogP contribution in [-0.2, 0) is 24.4 Å². The number of fused-ring (bicyclic) bond motifs is 1. The van der Waals surface area contributed by atoms with Crippen LogP contribution < -0.4 is 0 Å². The molecular formula is C17H23N3OS. The van der Waals surface area contributed by atoms with Gasteiger partial charge in [-0.15, -0.1) is 11.3 Å². The van der Waals surface area contributed by atoms with Crippen LogP contribution in [0.5, 0.6) is 0 Å². The smallest absolute Gasteiger partial charge is 0.0952 e. The number of ether oxygens (including phenoxy) is 1. The maximum Gasteiger partial charge on any atom is 0.0952 e. The second-order valence-electron chi connectivity index (χ2n) is 6.57. The van der Waals surface area contributed by atoms with Crippen LogP contribution in [0, 0.1) is 5.92 Å². The van der Waals surface area contributed by atoms with Crippen LogP contribution in [0.25, 0.3) is 0 Å². The molecule has 2 aromatic heterocycles. The molecule has 2 aliphatic rings. The van der Waals surface area contributed by atoms with E-state index in [9.17, 15) is 0 Å². The molecule has 0 saturated heterocycles. The van der Waals surface area contributed by atoms with Crippen LogP contribution in [-0.4, -0.2) is 34.7 Å². The summed E-state index contributed by atoms with van der Waals surface area (Å²) in [6.07, 6.45) is 4.82. The van der Waals surface area contributed by atoms with Crippen LogP contribution >= 0.6 is 11.3 Å². The van der Waals surface area contributed by atoms with Crippen molar-refractivity contribution in [2.75, 3.05) is 20.3 Å². The molecule has 0 amide bonds. The van der Waals surface area contributed by atoms with E-state index in [4.69, 9.17) is 9.72 Å². The molecule has 3 heterocycles. The van der Waals surface area contributed by atoms with Crippen LogP contribution in [0.1, 0.15) is 35.0 Å². The summed E-state index contributed by atoms with van der Waals surface area (Å²) in [4.78, 5) is 8.65. The molecule has 1 atom stereocenters. The van der Waals surface area contributed by atoms with Gasteiger partial charge >= 0.3 is 0 Å². The molecule has 5 heteroatoms. The van der Waals surface area contributed by atoms with Crippen molar-refractivity contribution in [1.29, 1.82) is 0 Å². The first-order valence-corrected chi connectivity index (χ1v) is 8.99. The molecule has 0 bridgehead atoms. The van der Waals surface area contributed by atoms with E-state index in [2.05, 4.69) is 33.3 Å². The average Bonchev–Trinajstić information content (AvgIpc) is 3.00. The molecule has 0 spiro atoms. The molecule has 4 nitrogen and oxygen atoms in total. The summed E-state index contributed by atoms with van der Waals surface area (Å²) in [5.41, 5.74) is 2.68. The number of hydrogen-bond acceptors (Lipinski definition) is 4. The van der Waals surface area contributed by atoms with E-state index in [0.29, 0.717) is 5.92 Å². The number of methoxy groups -OCH3 is 1. The van der Waals surface area contributed by atoms with E-state index in [0.717, 1.165) is 38.7 Å². The minimum absolute atomic E-state index is 0.440. The zero-order chi connectivity index (χ0) is 14.9. The SMILES string of the molecule is COC[C@H]1CN(Cc2cccs2)Cc2ncn(CC3CC3)c21. The highest BCUT2D eigenvalue weighted by molar-refractivity contribution is 7.09. The van der Waals surface area contributed by atoms with E-state index in [1.807, 2.05) is 11.3 Å². The molecule has 0 N–H and O–H groups in total. The second-order valence-corrected chi connectivity index (χ2v) is 7.61. The maximum atomic E-state index is 5.50. The third-order valence-corrected chi connectivity index (χ3v) is 5.54. The van der Waals surface area contributed by atoms with Gasteiger partial charge in [-0.25, -0.2) is 4.98 Å². The number of thiophene rings is 1. The number of nitrogens with zero attached hydrogens (tertiary/aromatic N) is 3. The van der Waals surface area contributed by atoms with Gasteiger partial charge in [0.15, 0.2) is 0 Å². The van der Waals surface area contributed by atoms with Gasteiger partial charge in [0.1, 0.15) is 0 Å². The summed E-state index contributed by atoms with van der Waals surface area (Å²) in [6, 6.07) is 4.35. The number of hydrogen-bond donors (Lipinski definition) is 0. The molecule has 4 rings (SSSR count). The van der Waals surface area contributed by atoms with Crippen molar-refractivity contribution in [2.24, 2.45) is 5.92 Å². The zero-order valence-electron chi connectivity index (χ0n) is 13.1. The summed E-state index contributed by atoms with van der Waals surface area (Å²) >= 11 is 1.84. The highest BCUT2D eigenvalue weighted by Crippen LogP contribution is 2.34. The predicted molar refractivity (Wildman–Crippen MR) is 88.0 cm³/mol. The second kappa shape index (κ2) is 6.14. The topological polar surface area (TPSA) is 30.3 Å². The number of rotatable bonds is 6. The monoisotopic (exact) mass is 317 g/mol. The summed E-state index contributed by atoms with van der Waals surface area (Å²) in [5, 5.41) is 2.15.